The third-order valence-corrected chi connectivity index (χ3v) is 8.33. The standard InChI is InChI=1S/C38H42N4O5.2C2H6/c1-2-3-14-30-15-5-7-17-35(43)40-34(25-36(44)42-22-8-9-23-42)38(46)41-33(24-27-18-20-31(47-30)21-19-27)37(45)39-26-29-13-10-12-28-11-4-6-16-32(28)29;2*1-2/h2-6,10-16,18-21,33-34H,7-9,17,22-26H2,1H3,(H,39,45)(H,40,43)(H,41,46);2*1-2H3/b3-2-,15-5?,30-14+;;. The van der Waals surface area contributed by atoms with Crippen molar-refractivity contribution in [1.29, 1.82) is 0 Å². The Morgan fingerprint density at radius 1 is 0.922 bits per heavy atom. The number of carbonyl (C=O) groups is 4. The molecule has 1 fully saturated rings. The Balaban J connectivity index is 0.00000169. The van der Waals surface area contributed by atoms with Crippen molar-refractivity contribution in [2.45, 2.75) is 91.8 Å². The number of carbonyl (C=O) groups excluding carboxylic acids is 4. The average Bonchev–Trinajstić information content (AvgIpc) is 3.71. The largest absolute Gasteiger partial charge is 0.457 e. The summed E-state index contributed by atoms with van der Waals surface area (Å²) in [6, 6.07) is 19.2. The molecule has 9 heteroatoms. The van der Waals surface area contributed by atoms with Crippen LogP contribution in [0.25, 0.3) is 10.8 Å². The number of hydrogen-bond donors (Lipinski definition) is 3. The molecule has 0 radical (unpaired) electrons. The van der Waals surface area contributed by atoms with Crippen molar-refractivity contribution in [3.8, 4) is 5.75 Å². The fraction of sp³-hybridized carbons (Fsp3) is 0.381. The molecule has 6 rings (SSSR count). The Hall–Kier alpha value is -5.18. The molecule has 2 unspecified atom stereocenters. The van der Waals surface area contributed by atoms with Gasteiger partial charge in [0.2, 0.25) is 23.6 Å². The minimum atomic E-state index is -1.13. The second-order valence-corrected chi connectivity index (χ2v) is 11.8. The number of rotatable bonds is 6. The number of nitrogens with one attached hydrogen (secondary N) is 3. The normalized spacial score (nSPS) is 18.8. The molecule has 1 saturated heterocycles. The van der Waals surface area contributed by atoms with Crippen molar-refractivity contribution in [2.24, 2.45) is 0 Å². The second kappa shape index (κ2) is 21.8. The molecule has 3 aliphatic rings. The molecule has 0 spiro atoms. The maximum Gasteiger partial charge on any atom is 0.243 e. The van der Waals surface area contributed by atoms with Crippen molar-refractivity contribution >= 4 is 34.4 Å². The molecule has 3 aromatic carbocycles. The van der Waals surface area contributed by atoms with E-state index >= 15 is 0 Å². The molecule has 272 valence electrons. The van der Waals surface area contributed by atoms with Crippen molar-refractivity contribution in [2.75, 3.05) is 13.1 Å². The Kier molecular flexibility index (Phi) is 17.2. The summed E-state index contributed by atoms with van der Waals surface area (Å²) >= 11 is 0. The number of fused-ring (bicyclic) bond motifs is 14. The Bertz CT molecular complexity index is 1670. The van der Waals surface area contributed by atoms with E-state index in [0.29, 0.717) is 31.0 Å². The highest BCUT2D eigenvalue weighted by atomic mass is 16.5. The van der Waals surface area contributed by atoms with Gasteiger partial charge in [0.05, 0.1) is 6.42 Å². The topological polar surface area (TPSA) is 117 Å². The van der Waals surface area contributed by atoms with Crippen LogP contribution in [-0.4, -0.2) is 53.7 Å². The zero-order chi connectivity index (χ0) is 37.0. The summed E-state index contributed by atoms with van der Waals surface area (Å²) in [6.07, 6.45) is 11.6. The van der Waals surface area contributed by atoms with Gasteiger partial charge in [0, 0.05) is 32.5 Å². The van der Waals surface area contributed by atoms with Gasteiger partial charge < -0.3 is 25.6 Å². The quantitative estimate of drug-likeness (QED) is 0.259. The van der Waals surface area contributed by atoms with E-state index in [4.69, 9.17) is 4.74 Å². The Morgan fingerprint density at radius 3 is 2.35 bits per heavy atom. The van der Waals surface area contributed by atoms with E-state index in [1.54, 1.807) is 11.0 Å². The van der Waals surface area contributed by atoms with Crippen LogP contribution in [-0.2, 0) is 32.1 Å². The number of benzene rings is 3. The van der Waals surface area contributed by atoms with Gasteiger partial charge in [-0.25, -0.2) is 0 Å². The SMILES string of the molecule is C/C=C\C=C1/C=CCCC(=O)NC(CC(=O)N2CCCC2)C(=O)NC(C(=O)NCc2cccc3ccccc23)Cc2ccc(cc2)O1.CC.CC. The van der Waals surface area contributed by atoms with E-state index in [2.05, 4.69) is 16.0 Å². The monoisotopic (exact) mass is 694 g/mol. The molecule has 2 bridgehead atoms. The lowest BCUT2D eigenvalue weighted by Gasteiger charge is -2.25. The summed E-state index contributed by atoms with van der Waals surface area (Å²) < 4.78 is 6.08. The van der Waals surface area contributed by atoms with Crippen LogP contribution in [0.5, 0.6) is 5.75 Å². The summed E-state index contributed by atoms with van der Waals surface area (Å²) in [7, 11) is 0. The van der Waals surface area contributed by atoms with Gasteiger partial charge in [0.1, 0.15) is 23.6 Å². The first-order chi connectivity index (χ1) is 24.9. The highest BCUT2D eigenvalue weighted by Crippen LogP contribution is 2.20. The first kappa shape index (κ1) is 40.3. The predicted molar refractivity (Wildman–Crippen MR) is 205 cm³/mol. The lowest BCUT2D eigenvalue weighted by atomic mass is 10.0. The molecule has 2 atom stereocenters. The predicted octanol–water partition coefficient (Wildman–Crippen LogP) is 6.92. The van der Waals surface area contributed by atoms with Crippen LogP contribution >= 0.6 is 0 Å². The number of ether oxygens (including phenoxy) is 1. The van der Waals surface area contributed by atoms with Gasteiger partial charge in [-0.05, 0) is 72.4 Å². The second-order valence-electron chi connectivity index (χ2n) is 11.8. The molecule has 0 aromatic heterocycles. The van der Waals surface area contributed by atoms with Gasteiger partial charge in [-0.2, -0.15) is 0 Å². The molecular weight excluding hydrogens is 640 g/mol. The van der Waals surface area contributed by atoms with E-state index < -0.39 is 18.0 Å². The highest BCUT2D eigenvalue weighted by molar-refractivity contribution is 5.95. The van der Waals surface area contributed by atoms with E-state index in [9.17, 15) is 19.2 Å². The molecule has 0 aliphatic carbocycles. The maximum absolute atomic E-state index is 13.8. The van der Waals surface area contributed by atoms with Gasteiger partial charge in [0.15, 0.2) is 0 Å². The van der Waals surface area contributed by atoms with Crippen LogP contribution in [0.1, 0.15) is 77.8 Å². The number of allylic oxidation sites excluding steroid dienone is 5. The average molecular weight is 695 g/mol. The van der Waals surface area contributed by atoms with Crippen LogP contribution in [0.3, 0.4) is 0 Å². The summed E-state index contributed by atoms with van der Waals surface area (Å²) in [4.78, 5) is 55.4. The van der Waals surface area contributed by atoms with Crippen LogP contribution in [0.15, 0.2) is 103 Å². The minimum absolute atomic E-state index is 0.109. The number of amides is 4. The molecule has 51 heavy (non-hydrogen) atoms. The van der Waals surface area contributed by atoms with E-state index in [-0.39, 0.29) is 43.5 Å². The van der Waals surface area contributed by atoms with Crippen LogP contribution in [0, 0.1) is 0 Å². The van der Waals surface area contributed by atoms with Crippen molar-refractivity contribution in [3.63, 3.8) is 0 Å². The Labute approximate surface area is 303 Å². The van der Waals surface area contributed by atoms with Crippen molar-refractivity contribution in [1.82, 2.24) is 20.9 Å². The van der Waals surface area contributed by atoms with E-state index in [0.717, 1.165) is 34.7 Å². The fourth-order valence-electron chi connectivity index (χ4n) is 5.77. The van der Waals surface area contributed by atoms with Crippen LogP contribution in [0.2, 0.25) is 0 Å². The first-order valence-electron chi connectivity index (χ1n) is 18.3. The Morgan fingerprint density at radius 2 is 1.63 bits per heavy atom. The molecule has 4 amide bonds. The molecule has 3 N–H and O–H groups in total. The van der Waals surface area contributed by atoms with Crippen LogP contribution < -0.4 is 20.7 Å². The molecule has 9 nitrogen and oxygen atoms in total. The summed E-state index contributed by atoms with van der Waals surface area (Å²) in [5.74, 6) is -0.307. The van der Waals surface area contributed by atoms with E-state index in [1.807, 2.05) is 126 Å². The van der Waals surface area contributed by atoms with Gasteiger partial charge in [-0.3, -0.25) is 19.2 Å². The van der Waals surface area contributed by atoms with Gasteiger partial charge in [-0.15, -0.1) is 0 Å². The van der Waals surface area contributed by atoms with E-state index in [1.165, 1.54) is 0 Å². The first-order valence-corrected chi connectivity index (χ1v) is 18.3. The lowest BCUT2D eigenvalue weighted by Crippen LogP contribution is -2.55. The smallest absolute Gasteiger partial charge is 0.243 e. The third kappa shape index (κ3) is 12.6. The van der Waals surface area contributed by atoms with Crippen LogP contribution in [0.4, 0.5) is 0 Å². The lowest BCUT2D eigenvalue weighted by molar-refractivity contribution is -0.136. The molecular formula is C42H54N4O5. The highest BCUT2D eigenvalue weighted by Gasteiger charge is 2.31. The molecule has 0 saturated carbocycles. The van der Waals surface area contributed by atoms with Gasteiger partial charge in [0.25, 0.3) is 0 Å². The van der Waals surface area contributed by atoms with Gasteiger partial charge >= 0.3 is 0 Å². The maximum atomic E-state index is 13.8. The summed E-state index contributed by atoms with van der Waals surface area (Å²) in [5, 5.41) is 10.7. The summed E-state index contributed by atoms with van der Waals surface area (Å²) in [6.45, 7) is 11.4. The third-order valence-electron chi connectivity index (χ3n) is 8.33. The fourth-order valence-corrected chi connectivity index (χ4v) is 5.77. The number of nitrogens with zero attached hydrogens (tertiary/aromatic N) is 1. The molecule has 3 aromatic rings. The molecule has 3 heterocycles. The van der Waals surface area contributed by atoms with Crippen molar-refractivity contribution < 1.29 is 23.9 Å². The summed E-state index contributed by atoms with van der Waals surface area (Å²) in [5.41, 5.74) is 1.75. The van der Waals surface area contributed by atoms with Gasteiger partial charge in [-0.1, -0.05) is 101 Å². The minimum Gasteiger partial charge on any atom is -0.457 e. The molecule has 3 aliphatic heterocycles. The zero-order valence-corrected chi connectivity index (χ0v) is 30.7. The zero-order valence-electron chi connectivity index (χ0n) is 30.7. The number of hydrogen-bond acceptors (Lipinski definition) is 5. The number of likely N-dealkylation sites (tertiary alicyclic amines) is 1. The van der Waals surface area contributed by atoms with Crippen molar-refractivity contribution in [3.05, 3.63) is 114 Å².